The Morgan fingerprint density at radius 1 is 1.44 bits per heavy atom. The molecular weight excluding hydrogens is 216 g/mol. The van der Waals surface area contributed by atoms with Crippen molar-refractivity contribution in [2.24, 2.45) is 0 Å². The van der Waals surface area contributed by atoms with Gasteiger partial charge in [0.05, 0.1) is 11.2 Å². The van der Waals surface area contributed by atoms with Crippen LogP contribution in [0, 0.1) is 0 Å². The minimum absolute atomic E-state index is 0.173. The minimum Gasteiger partial charge on any atom is -0.306 e. The zero-order chi connectivity index (χ0) is 11.8. The van der Waals surface area contributed by atoms with Crippen LogP contribution in [0.3, 0.4) is 0 Å². The molecular formula is C13H22N2S. The second kappa shape index (κ2) is 4.11. The number of rotatable bonds is 3. The Hall–Kier alpha value is -0.410. The van der Waals surface area contributed by atoms with Gasteiger partial charge in [-0.25, -0.2) is 4.98 Å². The molecule has 1 heterocycles. The second-order valence-electron chi connectivity index (χ2n) is 5.75. The predicted octanol–water partition coefficient (Wildman–Crippen LogP) is 3.43. The smallest absolute Gasteiger partial charge is 0.113 e. The first-order valence-electron chi connectivity index (χ1n) is 6.19. The molecule has 0 spiro atoms. The van der Waals surface area contributed by atoms with Gasteiger partial charge in [0.1, 0.15) is 5.01 Å². The molecule has 0 saturated heterocycles. The number of nitrogens with zero attached hydrogens (tertiary/aromatic N) is 1. The minimum atomic E-state index is 0.173. The fraction of sp³-hybridized carbons (Fsp3) is 0.769. The fourth-order valence-corrected chi connectivity index (χ4v) is 3.46. The van der Waals surface area contributed by atoms with E-state index in [2.05, 4.69) is 38.4 Å². The molecule has 1 fully saturated rings. The van der Waals surface area contributed by atoms with E-state index >= 15 is 0 Å². The summed E-state index contributed by atoms with van der Waals surface area (Å²) < 4.78 is 0. The van der Waals surface area contributed by atoms with Gasteiger partial charge in [-0.05, 0) is 25.8 Å². The second-order valence-corrected chi connectivity index (χ2v) is 6.61. The van der Waals surface area contributed by atoms with Gasteiger partial charge in [0.25, 0.3) is 0 Å². The van der Waals surface area contributed by atoms with Crippen molar-refractivity contribution in [3.63, 3.8) is 0 Å². The molecule has 1 aromatic rings. The molecule has 0 radical (unpaired) electrons. The van der Waals surface area contributed by atoms with Crippen LogP contribution in [0.2, 0.25) is 0 Å². The largest absolute Gasteiger partial charge is 0.306 e. The molecule has 3 heteroatoms. The van der Waals surface area contributed by atoms with E-state index in [9.17, 15) is 0 Å². The topological polar surface area (TPSA) is 24.9 Å². The van der Waals surface area contributed by atoms with E-state index in [1.54, 1.807) is 0 Å². The molecule has 2 nitrogen and oxygen atoms in total. The van der Waals surface area contributed by atoms with E-state index in [1.165, 1.54) is 30.0 Å². The highest BCUT2D eigenvalue weighted by Crippen LogP contribution is 2.43. The van der Waals surface area contributed by atoms with Crippen LogP contribution in [0.25, 0.3) is 0 Å². The van der Waals surface area contributed by atoms with Crippen LogP contribution >= 0.6 is 11.3 Å². The third-order valence-corrected chi connectivity index (χ3v) is 4.45. The standard InChI is InChI=1S/C13H22N2S/c1-5-14-13(7-6-8-13)11-15-10(9-16-11)12(2,3)4/h9,14H,5-8H2,1-4H3. The van der Waals surface area contributed by atoms with Crippen molar-refractivity contribution < 1.29 is 0 Å². The van der Waals surface area contributed by atoms with Gasteiger partial charge in [0.15, 0.2) is 0 Å². The zero-order valence-electron chi connectivity index (χ0n) is 10.8. The van der Waals surface area contributed by atoms with Crippen molar-refractivity contribution in [2.75, 3.05) is 6.54 Å². The monoisotopic (exact) mass is 238 g/mol. The SMILES string of the molecule is CCNC1(c2nc(C(C)(C)C)cs2)CCC1. The number of aromatic nitrogens is 1. The molecule has 2 rings (SSSR count). The van der Waals surface area contributed by atoms with Gasteiger partial charge in [0, 0.05) is 10.8 Å². The third-order valence-electron chi connectivity index (χ3n) is 3.40. The fourth-order valence-electron chi connectivity index (χ4n) is 2.17. The molecule has 0 amide bonds. The normalized spacial score (nSPS) is 19.5. The summed E-state index contributed by atoms with van der Waals surface area (Å²) in [6, 6.07) is 0. The first-order chi connectivity index (χ1) is 7.48. The Morgan fingerprint density at radius 3 is 2.50 bits per heavy atom. The molecule has 1 aliphatic rings. The van der Waals surface area contributed by atoms with Gasteiger partial charge >= 0.3 is 0 Å². The lowest BCUT2D eigenvalue weighted by Gasteiger charge is -2.41. The summed E-state index contributed by atoms with van der Waals surface area (Å²) in [5.74, 6) is 0. The molecule has 0 bridgehead atoms. The zero-order valence-corrected chi connectivity index (χ0v) is 11.6. The summed E-state index contributed by atoms with van der Waals surface area (Å²) in [5, 5.41) is 7.15. The maximum atomic E-state index is 4.85. The highest BCUT2D eigenvalue weighted by atomic mass is 32.1. The average Bonchev–Trinajstić information content (AvgIpc) is 2.59. The van der Waals surface area contributed by atoms with E-state index in [4.69, 9.17) is 4.98 Å². The van der Waals surface area contributed by atoms with Crippen molar-refractivity contribution >= 4 is 11.3 Å². The van der Waals surface area contributed by atoms with Crippen molar-refractivity contribution in [2.45, 2.75) is 57.9 Å². The van der Waals surface area contributed by atoms with Crippen LogP contribution in [0.15, 0.2) is 5.38 Å². The number of nitrogens with one attached hydrogen (secondary N) is 1. The van der Waals surface area contributed by atoms with Crippen molar-refractivity contribution in [1.82, 2.24) is 10.3 Å². The number of thiazole rings is 1. The molecule has 1 saturated carbocycles. The van der Waals surface area contributed by atoms with Gasteiger partial charge < -0.3 is 5.32 Å². The molecule has 0 atom stereocenters. The summed E-state index contributed by atoms with van der Waals surface area (Å²) in [6.07, 6.45) is 3.83. The molecule has 1 aromatic heterocycles. The Morgan fingerprint density at radius 2 is 2.12 bits per heavy atom. The highest BCUT2D eigenvalue weighted by molar-refractivity contribution is 7.09. The van der Waals surface area contributed by atoms with Crippen molar-refractivity contribution in [1.29, 1.82) is 0 Å². The summed E-state index contributed by atoms with van der Waals surface area (Å²) in [7, 11) is 0. The molecule has 0 unspecified atom stereocenters. The lowest BCUT2D eigenvalue weighted by Crippen LogP contribution is -2.47. The molecule has 1 aliphatic carbocycles. The molecule has 90 valence electrons. The summed E-state index contributed by atoms with van der Waals surface area (Å²) >= 11 is 1.83. The third kappa shape index (κ3) is 2.03. The van der Waals surface area contributed by atoms with Crippen LogP contribution in [0.4, 0.5) is 0 Å². The Bertz CT molecular complexity index is 358. The summed E-state index contributed by atoms with van der Waals surface area (Å²) in [4.78, 5) is 4.85. The number of hydrogen-bond donors (Lipinski definition) is 1. The van der Waals surface area contributed by atoms with Gasteiger partial charge in [-0.2, -0.15) is 0 Å². The predicted molar refractivity (Wildman–Crippen MR) is 70.0 cm³/mol. The van der Waals surface area contributed by atoms with Gasteiger partial charge in [0.2, 0.25) is 0 Å². The van der Waals surface area contributed by atoms with Gasteiger partial charge in [-0.3, -0.25) is 0 Å². The lowest BCUT2D eigenvalue weighted by atomic mass is 9.77. The maximum absolute atomic E-state index is 4.85. The van der Waals surface area contributed by atoms with E-state index < -0.39 is 0 Å². The quantitative estimate of drug-likeness (QED) is 0.872. The number of hydrogen-bond acceptors (Lipinski definition) is 3. The van der Waals surface area contributed by atoms with E-state index in [1.807, 2.05) is 11.3 Å². The van der Waals surface area contributed by atoms with Gasteiger partial charge in [-0.1, -0.05) is 27.7 Å². The first-order valence-corrected chi connectivity index (χ1v) is 7.07. The molecule has 0 aliphatic heterocycles. The highest BCUT2D eigenvalue weighted by Gasteiger charge is 2.40. The Kier molecular flexibility index (Phi) is 3.10. The van der Waals surface area contributed by atoms with Crippen LogP contribution in [0.5, 0.6) is 0 Å². The van der Waals surface area contributed by atoms with Crippen LogP contribution < -0.4 is 5.32 Å². The maximum Gasteiger partial charge on any atom is 0.113 e. The molecule has 1 N–H and O–H groups in total. The molecule has 16 heavy (non-hydrogen) atoms. The van der Waals surface area contributed by atoms with Gasteiger partial charge in [-0.15, -0.1) is 11.3 Å². The molecule has 0 aromatic carbocycles. The lowest BCUT2D eigenvalue weighted by molar-refractivity contribution is 0.189. The average molecular weight is 238 g/mol. The summed E-state index contributed by atoms with van der Waals surface area (Å²) in [6.45, 7) is 9.90. The van der Waals surface area contributed by atoms with Crippen LogP contribution in [0.1, 0.15) is 57.7 Å². The van der Waals surface area contributed by atoms with E-state index in [0.717, 1.165) is 6.54 Å². The Balaban J connectivity index is 2.24. The van der Waals surface area contributed by atoms with Crippen LogP contribution in [-0.4, -0.2) is 11.5 Å². The van der Waals surface area contributed by atoms with Crippen molar-refractivity contribution in [3.05, 3.63) is 16.1 Å². The van der Waals surface area contributed by atoms with Crippen molar-refractivity contribution in [3.8, 4) is 0 Å². The van der Waals surface area contributed by atoms with Crippen LogP contribution in [-0.2, 0) is 11.0 Å². The first kappa shape index (κ1) is 12.1. The summed E-state index contributed by atoms with van der Waals surface area (Å²) in [5.41, 5.74) is 1.62. The van der Waals surface area contributed by atoms with E-state index in [0.29, 0.717) is 0 Å². The van der Waals surface area contributed by atoms with E-state index in [-0.39, 0.29) is 11.0 Å². The Labute approximate surface area is 102 Å².